The lowest BCUT2D eigenvalue weighted by molar-refractivity contribution is -0.113. The summed E-state index contributed by atoms with van der Waals surface area (Å²) in [6.07, 6.45) is 1.01. The van der Waals surface area contributed by atoms with Gasteiger partial charge in [0.1, 0.15) is 5.82 Å². The highest BCUT2D eigenvalue weighted by atomic mass is 32.2. The lowest BCUT2D eigenvalue weighted by Gasteiger charge is -2.11. The predicted octanol–water partition coefficient (Wildman–Crippen LogP) is 4.16. The van der Waals surface area contributed by atoms with Gasteiger partial charge in [-0.2, -0.15) is 0 Å². The highest BCUT2D eigenvalue weighted by molar-refractivity contribution is 7.99. The molecule has 0 saturated heterocycles. The minimum absolute atomic E-state index is 0.0258. The van der Waals surface area contributed by atoms with Crippen LogP contribution in [-0.2, 0) is 11.3 Å². The van der Waals surface area contributed by atoms with Crippen molar-refractivity contribution >= 4 is 23.4 Å². The SMILES string of the molecule is CCCn1c(SCC(=O)Nc2cc(C)cc(C)c2)nnc1C(C)C. The van der Waals surface area contributed by atoms with Crippen LogP contribution in [0.1, 0.15) is 50.1 Å². The van der Waals surface area contributed by atoms with E-state index in [1.165, 1.54) is 11.8 Å². The molecule has 0 aliphatic rings. The molecule has 2 aromatic rings. The van der Waals surface area contributed by atoms with E-state index in [4.69, 9.17) is 0 Å². The lowest BCUT2D eigenvalue weighted by Crippen LogP contribution is -2.15. The van der Waals surface area contributed by atoms with E-state index in [0.717, 1.165) is 40.8 Å². The first-order chi connectivity index (χ1) is 11.4. The molecule has 1 N–H and O–H groups in total. The minimum Gasteiger partial charge on any atom is -0.325 e. The Labute approximate surface area is 148 Å². The standard InChI is InChI=1S/C18H26N4OS/c1-6-7-22-17(12(2)3)20-21-18(22)24-11-16(23)19-15-9-13(4)8-14(5)10-15/h8-10,12H,6-7,11H2,1-5H3,(H,19,23). The highest BCUT2D eigenvalue weighted by Crippen LogP contribution is 2.22. The maximum Gasteiger partial charge on any atom is 0.234 e. The number of nitrogens with zero attached hydrogens (tertiary/aromatic N) is 3. The topological polar surface area (TPSA) is 59.8 Å². The average molecular weight is 347 g/mol. The summed E-state index contributed by atoms with van der Waals surface area (Å²) in [4.78, 5) is 12.2. The molecule has 0 bridgehead atoms. The van der Waals surface area contributed by atoms with Gasteiger partial charge in [0.2, 0.25) is 5.91 Å². The molecule has 24 heavy (non-hydrogen) atoms. The van der Waals surface area contributed by atoms with Crippen molar-refractivity contribution < 1.29 is 4.79 Å². The summed E-state index contributed by atoms with van der Waals surface area (Å²) in [7, 11) is 0. The predicted molar refractivity (Wildman–Crippen MR) is 99.7 cm³/mol. The van der Waals surface area contributed by atoms with E-state index in [0.29, 0.717) is 11.7 Å². The number of carbonyl (C=O) groups excluding carboxylic acids is 1. The fraction of sp³-hybridized carbons (Fsp3) is 0.500. The van der Waals surface area contributed by atoms with E-state index in [9.17, 15) is 4.79 Å². The van der Waals surface area contributed by atoms with Crippen molar-refractivity contribution in [2.45, 2.75) is 58.7 Å². The summed E-state index contributed by atoms with van der Waals surface area (Å²) < 4.78 is 2.12. The van der Waals surface area contributed by atoms with Crippen molar-refractivity contribution in [1.82, 2.24) is 14.8 Å². The molecule has 1 amide bonds. The molecule has 0 aliphatic heterocycles. The lowest BCUT2D eigenvalue weighted by atomic mass is 10.1. The molecule has 5 nitrogen and oxygen atoms in total. The second kappa shape index (κ2) is 8.33. The molecule has 1 aromatic heterocycles. The van der Waals surface area contributed by atoms with E-state index >= 15 is 0 Å². The van der Waals surface area contributed by atoms with Crippen LogP contribution < -0.4 is 5.32 Å². The fourth-order valence-corrected chi connectivity index (χ4v) is 3.41. The van der Waals surface area contributed by atoms with E-state index < -0.39 is 0 Å². The van der Waals surface area contributed by atoms with Crippen LogP contribution in [0, 0.1) is 13.8 Å². The molecule has 0 fully saturated rings. The number of anilines is 1. The Kier molecular flexibility index (Phi) is 6.43. The number of amides is 1. The number of benzene rings is 1. The van der Waals surface area contributed by atoms with Gasteiger partial charge in [0.25, 0.3) is 0 Å². The largest absolute Gasteiger partial charge is 0.325 e. The fourth-order valence-electron chi connectivity index (χ4n) is 2.64. The number of hydrogen-bond donors (Lipinski definition) is 1. The van der Waals surface area contributed by atoms with Crippen LogP contribution in [0.5, 0.6) is 0 Å². The molecule has 2 rings (SSSR count). The summed E-state index contributed by atoms with van der Waals surface area (Å²) in [6.45, 7) is 11.3. The first kappa shape index (κ1) is 18.5. The zero-order valence-corrected chi connectivity index (χ0v) is 15.9. The summed E-state index contributed by atoms with van der Waals surface area (Å²) in [5.74, 6) is 1.60. The number of nitrogens with one attached hydrogen (secondary N) is 1. The number of aromatic nitrogens is 3. The van der Waals surface area contributed by atoms with Crippen molar-refractivity contribution in [2.75, 3.05) is 11.1 Å². The summed E-state index contributed by atoms with van der Waals surface area (Å²) in [5.41, 5.74) is 3.13. The Morgan fingerprint density at radius 2 is 1.88 bits per heavy atom. The van der Waals surface area contributed by atoms with Crippen LogP contribution in [-0.4, -0.2) is 26.4 Å². The van der Waals surface area contributed by atoms with Gasteiger partial charge in [-0.05, 0) is 43.5 Å². The zero-order valence-electron chi connectivity index (χ0n) is 15.1. The monoisotopic (exact) mass is 346 g/mol. The average Bonchev–Trinajstić information content (AvgIpc) is 2.87. The molecule has 0 aliphatic carbocycles. The molecule has 130 valence electrons. The van der Waals surface area contributed by atoms with Gasteiger partial charge >= 0.3 is 0 Å². The van der Waals surface area contributed by atoms with Crippen molar-refractivity contribution in [2.24, 2.45) is 0 Å². The summed E-state index contributed by atoms with van der Waals surface area (Å²) >= 11 is 1.44. The van der Waals surface area contributed by atoms with Gasteiger partial charge in [-0.25, -0.2) is 0 Å². The van der Waals surface area contributed by atoms with E-state index in [1.807, 2.05) is 26.0 Å². The first-order valence-corrected chi connectivity index (χ1v) is 9.33. The van der Waals surface area contributed by atoms with E-state index in [2.05, 4.69) is 46.9 Å². The number of carbonyl (C=O) groups is 1. The molecular formula is C18H26N4OS. The molecule has 1 heterocycles. The van der Waals surface area contributed by atoms with Crippen LogP contribution >= 0.6 is 11.8 Å². The third kappa shape index (κ3) is 4.84. The molecule has 0 unspecified atom stereocenters. The number of hydrogen-bond acceptors (Lipinski definition) is 4. The van der Waals surface area contributed by atoms with Crippen LogP contribution in [0.15, 0.2) is 23.4 Å². The molecular weight excluding hydrogens is 320 g/mol. The van der Waals surface area contributed by atoms with Gasteiger partial charge in [0.05, 0.1) is 5.75 Å². The summed E-state index contributed by atoms with van der Waals surface area (Å²) in [5, 5.41) is 12.3. The molecule has 0 spiro atoms. The quantitative estimate of drug-likeness (QED) is 0.765. The Hall–Kier alpha value is -1.82. The van der Waals surface area contributed by atoms with Crippen LogP contribution in [0.4, 0.5) is 5.69 Å². The second-order valence-electron chi connectivity index (χ2n) is 6.36. The zero-order chi connectivity index (χ0) is 17.7. The molecule has 0 atom stereocenters. The van der Waals surface area contributed by atoms with Crippen molar-refractivity contribution in [1.29, 1.82) is 0 Å². The van der Waals surface area contributed by atoms with Crippen molar-refractivity contribution in [3.05, 3.63) is 35.2 Å². The normalized spacial score (nSPS) is 11.1. The van der Waals surface area contributed by atoms with Crippen LogP contribution in [0.2, 0.25) is 0 Å². The Morgan fingerprint density at radius 3 is 2.46 bits per heavy atom. The van der Waals surface area contributed by atoms with Crippen molar-refractivity contribution in [3.8, 4) is 0 Å². The first-order valence-electron chi connectivity index (χ1n) is 8.34. The summed E-state index contributed by atoms with van der Waals surface area (Å²) in [6, 6.07) is 6.04. The third-order valence-electron chi connectivity index (χ3n) is 3.55. The smallest absolute Gasteiger partial charge is 0.234 e. The molecule has 6 heteroatoms. The maximum atomic E-state index is 12.2. The van der Waals surface area contributed by atoms with Gasteiger partial charge < -0.3 is 9.88 Å². The highest BCUT2D eigenvalue weighted by Gasteiger charge is 2.16. The van der Waals surface area contributed by atoms with Gasteiger partial charge in [0, 0.05) is 18.2 Å². The third-order valence-corrected chi connectivity index (χ3v) is 4.51. The van der Waals surface area contributed by atoms with Gasteiger partial charge in [0.15, 0.2) is 5.16 Å². The van der Waals surface area contributed by atoms with Gasteiger partial charge in [-0.3, -0.25) is 4.79 Å². The number of thioether (sulfide) groups is 1. The van der Waals surface area contributed by atoms with Gasteiger partial charge in [-0.1, -0.05) is 38.6 Å². The Morgan fingerprint density at radius 1 is 1.21 bits per heavy atom. The number of rotatable bonds is 7. The maximum absolute atomic E-state index is 12.2. The Bertz CT molecular complexity index is 689. The molecule has 1 aromatic carbocycles. The molecule has 0 radical (unpaired) electrons. The Balaban J connectivity index is 2.01. The van der Waals surface area contributed by atoms with Gasteiger partial charge in [-0.15, -0.1) is 10.2 Å². The number of aryl methyl sites for hydroxylation is 2. The second-order valence-corrected chi connectivity index (χ2v) is 7.30. The molecule has 0 saturated carbocycles. The van der Waals surface area contributed by atoms with Crippen LogP contribution in [0.25, 0.3) is 0 Å². The van der Waals surface area contributed by atoms with Crippen LogP contribution in [0.3, 0.4) is 0 Å². The van der Waals surface area contributed by atoms with Crippen molar-refractivity contribution in [3.63, 3.8) is 0 Å². The minimum atomic E-state index is -0.0258. The van der Waals surface area contributed by atoms with E-state index in [1.54, 1.807) is 0 Å². The van der Waals surface area contributed by atoms with E-state index in [-0.39, 0.29) is 5.91 Å².